The second kappa shape index (κ2) is 22.1. The molecule has 0 spiro atoms. The molecule has 0 fully saturated rings. The van der Waals surface area contributed by atoms with E-state index in [0.717, 1.165) is 0 Å². The summed E-state index contributed by atoms with van der Waals surface area (Å²) in [6.07, 6.45) is 1.67. The van der Waals surface area contributed by atoms with Gasteiger partial charge < -0.3 is 48.5 Å². The fourth-order valence-corrected chi connectivity index (χ4v) is 5.76. The van der Waals surface area contributed by atoms with Crippen LogP contribution in [0.15, 0.2) is 54.6 Å². The standard InChI is InChI=1S/C38H56N8O8S2/c1-6-7-13-26(33(51)41-20-28(40)48)44-36(54)31(38(4,5)56)46-34(52)27(19-22-11-9-8-10-12-22)43-29(49)21-42-35(53)30(37(2,3)55)45-32(50)25(39)18-23-14-16-24(47)17-15-23/h8-12,14-17,25-27,30-31,47,55-56H,6-7,13,18-21,39H2,1-5H3,(H2,40,48)(H,41,51)(H,42,53)(H,43,49)(H,44,54)(H,45,50)(H,46,52)/t25-,26-,27-,30-,31+/m0/s1. The molecule has 0 saturated carbocycles. The van der Waals surface area contributed by atoms with Crippen molar-refractivity contribution in [1.29, 1.82) is 0 Å². The van der Waals surface area contributed by atoms with Crippen molar-refractivity contribution in [3.05, 3.63) is 65.7 Å². The molecule has 5 atom stereocenters. The van der Waals surface area contributed by atoms with Crippen LogP contribution in [0.5, 0.6) is 5.75 Å². The maximum Gasteiger partial charge on any atom is 0.244 e. The number of thiol groups is 2. The van der Waals surface area contributed by atoms with Gasteiger partial charge in [-0.1, -0.05) is 62.2 Å². The van der Waals surface area contributed by atoms with Crippen molar-refractivity contribution >= 4 is 66.6 Å². The minimum atomic E-state index is -1.30. The maximum atomic E-state index is 13.9. The van der Waals surface area contributed by atoms with Gasteiger partial charge in [-0.2, -0.15) is 25.3 Å². The van der Waals surface area contributed by atoms with Crippen LogP contribution >= 0.6 is 25.3 Å². The van der Waals surface area contributed by atoms with E-state index < -0.39 is 94.1 Å². The third-order valence-corrected chi connectivity index (χ3v) is 9.03. The highest BCUT2D eigenvalue weighted by atomic mass is 32.1. The summed E-state index contributed by atoms with van der Waals surface area (Å²) < 4.78 is -2.27. The molecule has 2 rings (SSSR count). The van der Waals surface area contributed by atoms with Crippen molar-refractivity contribution in [1.82, 2.24) is 31.9 Å². The topological polar surface area (TPSA) is 264 Å². The average molecular weight is 817 g/mol. The molecule has 2 aromatic rings. The predicted molar refractivity (Wildman–Crippen MR) is 219 cm³/mol. The second-order valence-electron chi connectivity index (χ2n) is 14.6. The maximum absolute atomic E-state index is 13.9. The molecule has 56 heavy (non-hydrogen) atoms. The van der Waals surface area contributed by atoms with Crippen LogP contribution in [-0.4, -0.2) is 99.2 Å². The number of phenols is 1. The fourth-order valence-electron chi connectivity index (χ4n) is 5.40. The molecule has 0 radical (unpaired) electrons. The lowest BCUT2D eigenvalue weighted by atomic mass is 9.99. The summed E-state index contributed by atoms with van der Waals surface area (Å²) in [4.78, 5) is 91.3. The van der Waals surface area contributed by atoms with Crippen LogP contribution in [0.25, 0.3) is 0 Å². The molecule has 11 N–H and O–H groups in total. The fraction of sp³-hybridized carbons (Fsp3) is 0.500. The number of nitrogens with two attached hydrogens (primary N) is 2. The summed E-state index contributed by atoms with van der Waals surface area (Å²) in [6, 6.07) is 9.11. The van der Waals surface area contributed by atoms with Gasteiger partial charge in [-0.05, 0) is 63.8 Å². The van der Waals surface area contributed by atoms with Crippen molar-refractivity contribution in [2.75, 3.05) is 13.1 Å². The van der Waals surface area contributed by atoms with E-state index in [-0.39, 0.29) is 25.0 Å². The molecule has 0 unspecified atom stereocenters. The third kappa shape index (κ3) is 16.5. The molecule has 0 aliphatic rings. The molecule has 0 bridgehead atoms. The van der Waals surface area contributed by atoms with Crippen molar-refractivity contribution < 1.29 is 38.7 Å². The molecular formula is C38H56N8O8S2. The lowest BCUT2D eigenvalue weighted by Gasteiger charge is -2.32. The number of hydrogen-bond donors (Lipinski definition) is 11. The van der Waals surface area contributed by atoms with Gasteiger partial charge in [0.2, 0.25) is 41.4 Å². The number of aromatic hydroxyl groups is 1. The Bertz CT molecular complexity index is 1670. The highest BCUT2D eigenvalue weighted by Crippen LogP contribution is 2.20. The van der Waals surface area contributed by atoms with Crippen LogP contribution in [0.2, 0.25) is 0 Å². The van der Waals surface area contributed by atoms with Gasteiger partial charge in [-0.25, -0.2) is 0 Å². The first-order chi connectivity index (χ1) is 26.1. The van der Waals surface area contributed by atoms with E-state index >= 15 is 0 Å². The summed E-state index contributed by atoms with van der Waals surface area (Å²) in [5.74, 6) is -4.92. The van der Waals surface area contributed by atoms with Gasteiger partial charge in [0.05, 0.1) is 19.1 Å². The van der Waals surface area contributed by atoms with E-state index in [9.17, 15) is 38.7 Å². The van der Waals surface area contributed by atoms with Gasteiger partial charge in [0.1, 0.15) is 29.9 Å². The quantitative estimate of drug-likeness (QED) is 0.0701. The number of carbonyl (C=O) groups excluding carboxylic acids is 7. The largest absolute Gasteiger partial charge is 0.508 e. The van der Waals surface area contributed by atoms with E-state index in [2.05, 4.69) is 57.2 Å². The minimum absolute atomic E-state index is 0.00359. The van der Waals surface area contributed by atoms with Crippen LogP contribution in [0.3, 0.4) is 0 Å². The highest BCUT2D eigenvalue weighted by Gasteiger charge is 2.38. The number of carbonyl (C=O) groups is 7. The summed E-state index contributed by atoms with van der Waals surface area (Å²) in [5, 5.41) is 25.0. The van der Waals surface area contributed by atoms with Crippen LogP contribution < -0.4 is 43.4 Å². The molecule has 0 heterocycles. The molecule has 16 nitrogen and oxygen atoms in total. The molecule has 0 aromatic heterocycles. The third-order valence-electron chi connectivity index (χ3n) is 8.51. The molecule has 308 valence electrons. The van der Waals surface area contributed by atoms with E-state index in [1.54, 1.807) is 70.2 Å². The van der Waals surface area contributed by atoms with Crippen molar-refractivity contribution in [2.24, 2.45) is 11.5 Å². The van der Waals surface area contributed by atoms with Crippen molar-refractivity contribution in [2.45, 2.75) is 106 Å². The second-order valence-corrected chi connectivity index (χ2v) is 16.9. The van der Waals surface area contributed by atoms with E-state index in [4.69, 9.17) is 11.5 Å². The van der Waals surface area contributed by atoms with Gasteiger partial charge >= 0.3 is 0 Å². The van der Waals surface area contributed by atoms with Crippen LogP contribution in [0, 0.1) is 0 Å². The van der Waals surface area contributed by atoms with Crippen molar-refractivity contribution in [3.8, 4) is 5.75 Å². The Balaban J connectivity index is 2.21. The Morgan fingerprint density at radius 1 is 0.661 bits per heavy atom. The molecule has 18 heteroatoms. The lowest BCUT2D eigenvalue weighted by molar-refractivity contribution is -0.134. The summed E-state index contributed by atoms with van der Waals surface area (Å²) in [6.45, 7) is 7.27. The zero-order chi connectivity index (χ0) is 42.2. The predicted octanol–water partition coefficient (Wildman–Crippen LogP) is -0.231. The number of amides is 7. The van der Waals surface area contributed by atoms with E-state index in [1.807, 2.05) is 6.92 Å². The average Bonchev–Trinajstić information content (AvgIpc) is 3.12. The van der Waals surface area contributed by atoms with Gasteiger partial charge in [0, 0.05) is 15.9 Å². The monoisotopic (exact) mass is 816 g/mol. The number of phenolic OH excluding ortho intramolecular Hbond substituents is 1. The summed E-state index contributed by atoms with van der Waals surface area (Å²) in [5.41, 5.74) is 12.6. The normalized spacial score (nSPS) is 14.1. The Morgan fingerprint density at radius 3 is 1.75 bits per heavy atom. The Hall–Kier alpha value is -4.81. The van der Waals surface area contributed by atoms with E-state index in [0.29, 0.717) is 24.0 Å². The zero-order valence-electron chi connectivity index (χ0n) is 32.4. The van der Waals surface area contributed by atoms with Crippen LogP contribution in [0.1, 0.15) is 65.0 Å². The van der Waals surface area contributed by atoms with E-state index in [1.165, 1.54) is 12.1 Å². The smallest absolute Gasteiger partial charge is 0.244 e. The minimum Gasteiger partial charge on any atom is -0.508 e. The zero-order valence-corrected chi connectivity index (χ0v) is 34.2. The summed E-state index contributed by atoms with van der Waals surface area (Å²) in [7, 11) is 0. The lowest BCUT2D eigenvalue weighted by Crippen LogP contribution is -2.62. The van der Waals surface area contributed by atoms with Crippen LogP contribution in [0.4, 0.5) is 0 Å². The van der Waals surface area contributed by atoms with Crippen molar-refractivity contribution in [3.63, 3.8) is 0 Å². The van der Waals surface area contributed by atoms with Gasteiger partial charge in [-0.15, -0.1) is 0 Å². The van der Waals surface area contributed by atoms with Gasteiger partial charge in [0.15, 0.2) is 0 Å². The number of hydrogen-bond acceptors (Lipinski definition) is 11. The number of primary amides is 1. The van der Waals surface area contributed by atoms with Crippen LogP contribution in [-0.2, 0) is 46.4 Å². The molecule has 0 aliphatic heterocycles. The first-order valence-corrected chi connectivity index (χ1v) is 19.1. The first-order valence-electron chi connectivity index (χ1n) is 18.2. The molecule has 0 saturated heterocycles. The summed E-state index contributed by atoms with van der Waals surface area (Å²) >= 11 is 9.04. The number of unbranched alkanes of at least 4 members (excludes halogenated alkanes) is 1. The first kappa shape index (κ1) is 47.3. The van der Waals surface area contributed by atoms with Gasteiger partial charge in [-0.3, -0.25) is 33.6 Å². The molecule has 7 amide bonds. The Labute approximate surface area is 338 Å². The Kier molecular flexibility index (Phi) is 18.7. The molecule has 0 aliphatic carbocycles. The molecule has 2 aromatic carbocycles. The highest BCUT2D eigenvalue weighted by molar-refractivity contribution is 7.82. The number of rotatable bonds is 22. The molecular weight excluding hydrogens is 761 g/mol. The SMILES string of the molecule is CCCC[C@H](NC(=O)[C@@H](NC(=O)[C@H](Cc1ccccc1)NC(=O)CNC(=O)[C@H](NC(=O)[C@@H](N)Cc1ccc(O)cc1)C(C)(C)S)C(C)(C)S)C(=O)NCC(N)=O. The number of benzene rings is 2. The van der Waals surface area contributed by atoms with Gasteiger partial charge in [0.25, 0.3) is 0 Å². The number of nitrogens with one attached hydrogen (secondary N) is 6. The Morgan fingerprint density at radius 2 is 1.20 bits per heavy atom.